The number of hydrogen-bond acceptors (Lipinski definition) is 11. The molecule has 0 unspecified atom stereocenters. The van der Waals surface area contributed by atoms with E-state index in [2.05, 4.69) is 0 Å². The van der Waals surface area contributed by atoms with Crippen molar-refractivity contribution in [3.63, 3.8) is 0 Å². The first-order valence-corrected chi connectivity index (χ1v) is 27.7. The van der Waals surface area contributed by atoms with E-state index in [1.54, 1.807) is 0 Å². The van der Waals surface area contributed by atoms with Gasteiger partial charge in [0, 0.05) is 0 Å². The monoisotopic (exact) mass is 1080 g/mol. The van der Waals surface area contributed by atoms with Crippen LogP contribution >= 0.6 is 0 Å². The molecule has 11 nitrogen and oxygen atoms in total. The Morgan fingerprint density at radius 3 is 0.938 bits per heavy atom. The molecule has 11 heteroatoms. The lowest BCUT2D eigenvalue weighted by Crippen LogP contribution is -2.70. The Balaban J connectivity index is 1.06. The van der Waals surface area contributed by atoms with E-state index < -0.39 is 60.9 Å². The fourth-order valence-electron chi connectivity index (χ4n) is 10.2. The maximum atomic E-state index is 7.62. The zero-order valence-electron chi connectivity index (χ0n) is 45.4. The van der Waals surface area contributed by atoms with Crippen LogP contribution in [0.5, 0.6) is 0 Å². The van der Waals surface area contributed by atoms with Crippen LogP contribution in [0.25, 0.3) is 0 Å². The average Bonchev–Trinajstić information content (AvgIpc) is 3.60. The lowest BCUT2D eigenvalue weighted by molar-refractivity contribution is -0.431. The summed E-state index contributed by atoms with van der Waals surface area (Å²) in [5, 5.41) is 0. The van der Waals surface area contributed by atoms with Crippen molar-refractivity contribution in [1.29, 1.82) is 0 Å². The summed E-state index contributed by atoms with van der Waals surface area (Å²) in [6.07, 6.45) is -7.53. The lowest BCUT2D eigenvalue weighted by Gasteiger charge is -2.53. The molecule has 2 aliphatic rings. The molecule has 10 rings (SSSR count). The van der Waals surface area contributed by atoms with Gasteiger partial charge in [0.2, 0.25) is 0 Å². The Bertz CT molecular complexity index is 2950. The molecule has 0 aromatic heterocycles. The molecule has 8 aromatic carbocycles. The van der Waals surface area contributed by atoms with Crippen molar-refractivity contribution in [2.45, 2.75) is 121 Å². The summed E-state index contributed by atoms with van der Waals surface area (Å²) in [5.41, 5.74) is 7.88. The van der Waals surface area contributed by atoms with Gasteiger partial charge in [0.1, 0.15) is 48.8 Å². The lowest BCUT2D eigenvalue weighted by atomic mass is 9.91. The fraction of sp³-hybridized carbons (Fsp3) is 0.304. The minimum Gasteiger partial charge on any atom is -0.374 e. The molecule has 80 heavy (non-hydrogen) atoms. The van der Waals surface area contributed by atoms with Crippen LogP contribution in [0.3, 0.4) is 0 Å². The third kappa shape index (κ3) is 16.2. The summed E-state index contributed by atoms with van der Waals surface area (Å²) in [5.74, 6) is -1.64. The molecule has 414 valence electrons. The van der Waals surface area contributed by atoms with E-state index in [1.807, 2.05) is 250 Å². The van der Waals surface area contributed by atoms with Crippen molar-refractivity contribution in [2.24, 2.45) is 0 Å². The number of hydrogen-bond donors (Lipinski definition) is 0. The minimum absolute atomic E-state index is 0.123. The van der Waals surface area contributed by atoms with E-state index in [1.165, 1.54) is 0 Å². The van der Waals surface area contributed by atoms with Crippen molar-refractivity contribution in [3.8, 4) is 0 Å². The standard InChI is InChI=1S/C69H72O11/c1-69(67(77-49-59-40-24-9-25-41-59)65(75-47-57-36-20-7-21-37-57)63(73-45-55-32-16-5-17-33-55)61(79-69)51-71-43-53-28-12-3-13-29-53)80-68-66(76-48-58-38-22-8-23-39-58)64(74-46-56-34-18-6-19-35-56)62(72-44-54-30-14-4-15-31-54)60(78-68)50-70-42-52-26-10-2-11-27-52/h2-41,60-68H,42-51H2,1H3/t60-,61-,62-,63+,64+,65+,66-,67-,68-,69-/m1/s1. The normalized spacial score (nSPS) is 23.8. The molecule has 0 aliphatic carbocycles. The molecular formula is C69H72O11. The van der Waals surface area contributed by atoms with Crippen LogP contribution in [0.4, 0.5) is 0 Å². The van der Waals surface area contributed by atoms with Gasteiger partial charge in [-0.25, -0.2) is 0 Å². The van der Waals surface area contributed by atoms with Crippen molar-refractivity contribution >= 4 is 0 Å². The van der Waals surface area contributed by atoms with Crippen molar-refractivity contribution in [2.75, 3.05) is 13.2 Å². The van der Waals surface area contributed by atoms with Crippen LogP contribution in [0.2, 0.25) is 0 Å². The first-order chi connectivity index (χ1) is 39.5. The SMILES string of the molecule is C[C@]1(O[C@H]2O[C@H](COCc3ccccc3)[C@@H](OCc3ccccc3)[C@H](OCc3ccccc3)[C@H]2OCc2ccccc2)O[C@H](COCc2ccccc2)[C@H](OCc2ccccc2)[C@H](OCc2ccccc2)[C@H]1OCc1ccccc1. The van der Waals surface area contributed by atoms with E-state index in [0.29, 0.717) is 13.2 Å². The van der Waals surface area contributed by atoms with Crippen LogP contribution in [-0.2, 0) is 105 Å². The van der Waals surface area contributed by atoms with Crippen molar-refractivity contribution in [3.05, 3.63) is 287 Å². The molecule has 8 aromatic rings. The molecule has 0 bridgehead atoms. The molecule has 2 aliphatic heterocycles. The molecular weight excluding hydrogens is 1000 g/mol. The van der Waals surface area contributed by atoms with Gasteiger partial charge in [-0.15, -0.1) is 0 Å². The molecule has 10 atom stereocenters. The summed E-state index contributed by atoms with van der Waals surface area (Å²) in [6, 6.07) is 80.7. The van der Waals surface area contributed by atoms with Crippen molar-refractivity contribution in [1.82, 2.24) is 0 Å². The van der Waals surface area contributed by atoms with Gasteiger partial charge in [-0.1, -0.05) is 243 Å². The smallest absolute Gasteiger partial charge is 0.198 e. The zero-order valence-corrected chi connectivity index (χ0v) is 45.4. The van der Waals surface area contributed by atoms with Gasteiger partial charge in [-0.3, -0.25) is 0 Å². The average molecular weight is 1080 g/mol. The molecule has 2 fully saturated rings. The maximum absolute atomic E-state index is 7.62. The molecule has 2 saturated heterocycles. The fourth-order valence-corrected chi connectivity index (χ4v) is 10.2. The highest BCUT2D eigenvalue weighted by Gasteiger charge is 2.59. The highest BCUT2D eigenvalue weighted by atomic mass is 16.8. The summed E-state index contributed by atoms with van der Waals surface area (Å²) in [7, 11) is 0. The third-order valence-corrected chi connectivity index (χ3v) is 14.3. The maximum Gasteiger partial charge on any atom is 0.198 e. The third-order valence-electron chi connectivity index (χ3n) is 14.3. The topological polar surface area (TPSA) is 102 Å². The molecule has 0 amide bonds. The van der Waals surface area contributed by atoms with E-state index >= 15 is 0 Å². The molecule has 0 N–H and O–H groups in total. The molecule has 0 spiro atoms. The van der Waals surface area contributed by atoms with Gasteiger partial charge in [0.15, 0.2) is 12.1 Å². The van der Waals surface area contributed by atoms with Gasteiger partial charge >= 0.3 is 0 Å². The molecule has 2 heterocycles. The predicted molar refractivity (Wildman–Crippen MR) is 305 cm³/mol. The largest absolute Gasteiger partial charge is 0.374 e. The number of benzene rings is 8. The molecule has 0 radical (unpaired) electrons. The van der Waals surface area contributed by atoms with Crippen molar-refractivity contribution < 1.29 is 52.1 Å². The summed E-state index contributed by atoms with van der Waals surface area (Å²) < 4.78 is 78.4. The summed E-state index contributed by atoms with van der Waals surface area (Å²) >= 11 is 0. The Kier molecular flexibility index (Phi) is 21.0. The first-order valence-electron chi connectivity index (χ1n) is 27.7. The zero-order chi connectivity index (χ0) is 54.4. The number of rotatable bonds is 28. The second-order valence-electron chi connectivity index (χ2n) is 20.4. The highest BCUT2D eigenvalue weighted by molar-refractivity contribution is 5.20. The van der Waals surface area contributed by atoms with E-state index in [0.717, 1.165) is 44.5 Å². The van der Waals surface area contributed by atoms with Gasteiger partial charge in [0.05, 0.1) is 66.1 Å². The summed E-state index contributed by atoms with van der Waals surface area (Å²) in [4.78, 5) is 0. The van der Waals surface area contributed by atoms with E-state index in [4.69, 9.17) is 52.1 Å². The summed E-state index contributed by atoms with van der Waals surface area (Å²) in [6.45, 7) is 4.28. The number of ether oxygens (including phenoxy) is 11. The van der Waals surface area contributed by atoms with Gasteiger partial charge in [-0.2, -0.15) is 0 Å². The van der Waals surface area contributed by atoms with Crippen LogP contribution in [0.1, 0.15) is 51.4 Å². The first kappa shape index (κ1) is 56.6. The quantitative estimate of drug-likeness (QED) is 0.0469. The Hall–Kier alpha value is -6.68. The van der Waals surface area contributed by atoms with Crippen LogP contribution < -0.4 is 0 Å². The minimum atomic E-state index is -1.64. The van der Waals surface area contributed by atoms with Gasteiger partial charge < -0.3 is 52.1 Å². The second-order valence-corrected chi connectivity index (χ2v) is 20.4. The van der Waals surface area contributed by atoms with Gasteiger partial charge in [0.25, 0.3) is 0 Å². The van der Waals surface area contributed by atoms with Crippen LogP contribution in [-0.4, -0.2) is 74.1 Å². The van der Waals surface area contributed by atoms with Gasteiger partial charge in [-0.05, 0) is 51.4 Å². The van der Waals surface area contributed by atoms with E-state index in [9.17, 15) is 0 Å². The van der Waals surface area contributed by atoms with Crippen LogP contribution in [0, 0.1) is 0 Å². The van der Waals surface area contributed by atoms with Crippen LogP contribution in [0.15, 0.2) is 243 Å². The Morgan fingerprint density at radius 2 is 0.575 bits per heavy atom. The molecule has 0 saturated carbocycles. The predicted octanol–water partition coefficient (Wildman–Crippen LogP) is 12.8. The Labute approximate surface area is 471 Å². The second kappa shape index (κ2) is 29.7. The Morgan fingerprint density at radius 1 is 0.300 bits per heavy atom. The van der Waals surface area contributed by atoms with E-state index in [-0.39, 0.29) is 52.9 Å². The highest BCUT2D eigenvalue weighted by Crippen LogP contribution is 2.42.